The number of anilines is 1. The molecule has 5 nitrogen and oxygen atoms in total. The molecule has 0 fully saturated rings. The van der Waals surface area contributed by atoms with Crippen molar-refractivity contribution in [2.24, 2.45) is 0 Å². The summed E-state index contributed by atoms with van der Waals surface area (Å²) in [4.78, 5) is 8.57. The average Bonchev–Trinajstić information content (AvgIpc) is 2.82. The molecule has 3 aromatic heterocycles. The molecule has 3 rings (SSSR count). The van der Waals surface area contributed by atoms with Crippen LogP contribution in [0.1, 0.15) is 16.7 Å². The van der Waals surface area contributed by atoms with Crippen LogP contribution >= 0.6 is 0 Å². The summed E-state index contributed by atoms with van der Waals surface area (Å²) in [6.45, 7) is 4.77. The van der Waals surface area contributed by atoms with Gasteiger partial charge >= 0.3 is 0 Å². The average molecular weight is 253 g/mol. The number of fused-ring (bicyclic) bond motifs is 1. The summed E-state index contributed by atoms with van der Waals surface area (Å²) in [6.07, 6.45) is 5.56. The number of pyridine rings is 2. The Morgan fingerprint density at radius 1 is 1.21 bits per heavy atom. The van der Waals surface area contributed by atoms with Gasteiger partial charge in [-0.15, -0.1) is 5.10 Å². The Balaban J connectivity index is 1.83. The first kappa shape index (κ1) is 11.6. The van der Waals surface area contributed by atoms with Gasteiger partial charge in [0.15, 0.2) is 5.65 Å². The molecule has 96 valence electrons. The fourth-order valence-electron chi connectivity index (χ4n) is 1.99. The van der Waals surface area contributed by atoms with Crippen molar-refractivity contribution in [1.29, 1.82) is 0 Å². The summed E-state index contributed by atoms with van der Waals surface area (Å²) in [5.74, 6) is 0.644. The number of hydrogen-bond donors (Lipinski definition) is 1. The largest absolute Gasteiger partial charge is 0.349 e. The van der Waals surface area contributed by atoms with Gasteiger partial charge in [-0.05, 0) is 42.7 Å². The van der Waals surface area contributed by atoms with Crippen molar-refractivity contribution in [2.75, 3.05) is 5.32 Å². The van der Waals surface area contributed by atoms with Crippen molar-refractivity contribution < 1.29 is 0 Å². The van der Waals surface area contributed by atoms with Crippen molar-refractivity contribution >= 4 is 11.6 Å². The molecule has 0 aliphatic heterocycles. The number of nitrogens with zero attached hydrogens (tertiary/aromatic N) is 4. The number of hydrogen-bond acceptors (Lipinski definition) is 4. The zero-order valence-electron chi connectivity index (χ0n) is 11.0. The Labute approximate surface area is 111 Å². The highest BCUT2D eigenvalue weighted by molar-refractivity contribution is 5.49. The lowest BCUT2D eigenvalue weighted by Crippen LogP contribution is -2.03. The Kier molecular flexibility index (Phi) is 2.87. The van der Waals surface area contributed by atoms with E-state index in [0.717, 1.165) is 16.8 Å². The molecular weight excluding hydrogens is 238 g/mol. The van der Waals surface area contributed by atoms with Crippen molar-refractivity contribution in [1.82, 2.24) is 19.6 Å². The highest BCUT2D eigenvalue weighted by Gasteiger charge is 2.05. The minimum atomic E-state index is 0.644. The maximum absolute atomic E-state index is 4.48. The van der Waals surface area contributed by atoms with Crippen LogP contribution in [0.3, 0.4) is 0 Å². The summed E-state index contributed by atoms with van der Waals surface area (Å²) in [7, 11) is 0. The molecule has 0 atom stereocenters. The molecule has 0 amide bonds. The second-order valence-electron chi connectivity index (χ2n) is 4.55. The van der Waals surface area contributed by atoms with Gasteiger partial charge in [-0.3, -0.25) is 4.98 Å². The van der Waals surface area contributed by atoms with Gasteiger partial charge in [0.2, 0.25) is 5.95 Å². The molecule has 0 aromatic carbocycles. The van der Waals surface area contributed by atoms with Gasteiger partial charge < -0.3 is 5.32 Å². The molecule has 19 heavy (non-hydrogen) atoms. The van der Waals surface area contributed by atoms with E-state index in [-0.39, 0.29) is 0 Å². The van der Waals surface area contributed by atoms with Gasteiger partial charge in [0, 0.05) is 25.1 Å². The van der Waals surface area contributed by atoms with Crippen LogP contribution in [0.5, 0.6) is 0 Å². The first-order valence-corrected chi connectivity index (χ1v) is 6.19. The van der Waals surface area contributed by atoms with Crippen molar-refractivity contribution in [2.45, 2.75) is 20.4 Å². The number of aromatic nitrogens is 4. The second-order valence-corrected chi connectivity index (χ2v) is 4.55. The number of nitrogens with one attached hydrogen (secondary N) is 1. The predicted molar refractivity (Wildman–Crippen MR) is 74.0 cm³/mol. The molecule has 3 aromatic rings. The smallest absolute Gasteiger partial charge is 0.243 e. The van der Waals surface area contributed by atoms with Crippen LogP contribution in [-0.2, 0) is 6.54 Å². The molecule has 3 heterocycles. The lowest BCUT2D eigenvalue weighted by Gasteiger charge is -2.04. The van der Waals surface area contributed by atoms with Gasteiger partial charge in [0.05, 0.1) is 0 Å². The fraction of sp³-hybridized carbons (Fsp3) is 0.214. The topological polar surface area (TPSA) is 55.1 Å². The summed E-state index contributed by atoms with van der Waals surface area (Å²) >= 11 is 0. The zero-order chi connectivity index (χ0) is 13.2. The molecule has 0 saturated carbocycles. The number of aryl methyl sites for hydroxylation is 2. The van der Waals surface area contributed by atoms with Crippen LogP contribution in [0, 0.1) is 13.8 Å². The molecule has 1 N–H and O–H groups in total. The van der Waals surface area contributed by atoms with Crippen molar-refractivity contribution in [3.63, 3.8) is 0 Å². The van der Waals surface area contributed by atoms with Gasteiger partial charge in [-0.25, -0.2) is 4.52 Å². The lowest BCUT2D eigenvalue weighted by atomic mass is 10.1. The third-order valence-corrected chi connectivity index (χ3v) is 3.13. The first-order chi connectivity index (χ1) is 9.24. The summed E-state index contributed by atoms with van der Waals surface area (Å²) in [6, 6.07) is 6.00. The molecule has 0 saturated heterocycles. The van der Waals surface area contributed by atoms with Crippen molar-refractivity contribution in [3.8, 4) is 0 Å². The van der Waals surface area contributed by atoms with Gasteiger partial charge in [-0.2, -0.15) is 4.98 Å². The van der Waals surface area contributed by atoms with E-state index in [9.17, 15) is 0 Å². The Bertz CT molecular complexity index is 717. The Hall–Kier alpha value is -2.43. The standard InChI is InChI=1S/C14H15N5/c1-10-4-3-7-19-13(10)17-14(18-19)16-9-12-5-6-15-8-11(12)2/h3-8H,9H2,1-2H3,(H,16,18). The summed E-state index contributed by atoms with van der Waals surface area (Å²) < 4.78 is 1.79. The third-order valence-electron chi connectivity index (χ3n) is 3.13. The number of rotatable bonds is 3. The van der Waals surface area contributed by atoms with Crippen LogP contribution in [0.25, 0.3) is 5.65 Å². The van der Waals surface area contributed by atoms with E-state index < -0.39 is 0 Å². The van der Waals surface area contributed by atoms with Crippen LogP contribution in [-0.4, -0.2) is 19.6 Å². The normalized spacial score (nSPS) is 10.8. The maximum Gasteiger partial charge on any atom is 0.243 e. The Morgan fingerprint density at radius 2 is 2.11 bits per heavy atom. The minimum absolute atomic E-state index is 0.644. The van der Waals surface area contributed by atoms with Crippen molar-refractivity contribution in [3.05, 3.63) is 53.5 Å². The lowest BCUT2D eigenvalue weighted by molar-refractivity contribution is 0.944. The van der Waals surface area contributed by atoms with Gasteiger partial charge in [0.25, 0.3) is 0 Å². The van der Waals surface area contributed by atoms with Gasteiger partial charge in [0.1, 0.15) is 0 Å². The SMILES string of the molecule is Cc1cnccc1CNc1nc2c(C)cccn2n1. The zero-order valence-corrected chi connectivity index (χ0v) is 11.0. The van der Waals surface area contributed by atoms with E-state index >= 15 is 0 Å². The van der Waals surface area contributed by atoms with E-state index in [0.29, 0.717) is 12.5 Å². The quantitative estimate of drug-likeness (QED) is 0.778. The minimum Gasteiger partial charge on any atom is -0.349 e. The summed E-state index contributed by atoms with van der Waals surface area (Å²) in [5.41, 5.74) is 4.36. The van der Waals surface area contributed by atoms with Crippen LogP contribution in [0.2, 0.25) is 0 Å². The van der Waals surface area contributed by atoms with E-state index in [1.807, 2.05) is 44.4 Å². The fourth-order valence-corrected chi connectivity index (χ4v) is 1.99. The monoisotopic (exact) mass is 253 g/mol. The van der Waals surface area contributed by atoms with Crippen LogP contribution in [0.15, 0.2) is 36.8 Å². The molecular formula is C14H15N5. The third kappa shape index (κ3) is 2.27. The first-order valence-electron chi connectivity index (χ1n) is 6.19. The van der Waals surface area contributed by atoms with E-state index in [2.05, 4.69) is 20.4 Å². The van der Waals surface area contributed by atoms with Crippen LogP contribution < -0.4 is 5.32 Å². The molecule has 0 radical (unpaired) electrons. The van der Waals surface area contributed by atoms with E-state index in [1.165, 1.54) is 5.56 Å². The second kappa shape index (κ2) is 4.68. The Morgan fingerprint density at radius 3 is 2.89 bits per heavy atom. The highest BCUT2D eigenvalue weighted by Crippen LogP contribution is 2.11. The molecule has 0 bridgehead atoms. The van der Waals surface area contributed by atoms with E-state index in [4.69, 9.17) is 0 Å². The summed E-state index contributed by atoms with van der Waals surface area (Å²) in [5, 5.41) is 7.64. The molecule has 5 heteroatoms. The molecule has 0 aliphatic carbocycles. The molecule has 0 aliphatic rings. The maximum atomic E-state index is 4.48. The van der Waals surface area contributed by atoms with Crippen LogP contribution in [0.4, 0.5) is 5.95 Å². The highest BCUT2D eigenvalue weighted by atomic mass is 15.3. The van der Waals surface area contributed by atoms with E-state index in [1.54, 1.807) is 10.7 Å². The predicted octanol–water partition coefficient (Wildman–Crippen LogP) is 2.35. The molecule has 0 unspecified atom stereocenters. The van der Waals surface area contributed by atoms with Gasteiger partial charge in [-0.1, -0.05) is 6.07 Å². The molecule has 0 spiro atoms.